The molecule has 0 spiro atoms. The lowest BCUT2D eigenvalue weighted by molar-refractivity contribution is 0.0692. The van der Waals surface area contributed by atoms with Crippen LogP contribution < -0.4 is 5.73 Å². The maximum absolute atomic E-state index is 11.1. The van der Waals surface area contributed by atoms with E-state index >= 15 is 0 Å². The third kappa shape index (κ3) is 2.34. The summed E-state index contributed by atoms with van der Waals surface area (Å²) in [6.07, 6.45) is 2.09. The highest BCUT2D eigenvalue weighted by atomic mass is 16.4. The van der Waals surface area contributed by atoms with Crippen LogP contribution in [0.5, 0.6) is 0 Å². The third-order valence-electron chi connectivity index (χ3n) is 2.70. The second-order valence-corrected chi connectivity index (χ2v) is 4.10. The highest BCUT2D eigenvalue weighted by Crippen LogP contribution is 2.23. The standard InChI is InChI=1S/C13H15N3O2/c1-2-3-8-4-6-9(7-5-8)10-11(12(17)18)16-13(14)15-10/h4-7H,2-3H2,1H3,(H,17,18)(H3,14,15,16). The molecule has 1 aromatic heterocycles. The first-order valence-corrected chi connectivity index (χ1v) is 5.80. The van der Waals surface area contributed by atoms with Crippen molar-refractivity contribution in [1.29, 1.82) is 0 Å². The summed E-state index contributed by atoms with van der Waals surface area (Å²) in [4.78, 5) is 17.6. The van der Waals surface area contributed by atoms with Gasteiger partial charge in [0.25, 0.3) is 0 Å². The number of carboxylic acids is 1. The van der Waals surface area contributed by atoms with Crippen LogP contribution in [-0.2, 0) is 6.42 Å². The minimum Gasteiger partial charge on any atom is -0.477 e. The van der Waals surface area contributed by atoms with Gasteiger partial charge in [-0.1, -0.05) is 37.6 Å². The van der Waals surface area contributed by atoms with Crippen molar-refractivity contribution < 1.29 is 9.90 Å². The first-order valence-electron chi connectivity index (χ1n) is 5.80. The van der Waals surface area contributed by atoms with Gasteiger partial charge in [0.15, 0.2) is 11.6 Å². The number of aromatic nitrogens is 2. The van der Waals surface area contributed by atoms with E-state index in [4.69, 9.17) is 10.8 Å². The Morgan fingerprint density at radius 2 is 2.06 bits per heavy atom. The van der Waals surface area contributed by atoms with E-state index in [0.29, 0.717) is 5.69 Å². The van der Waals surface area contributed by atoms with Crippen molar-refractivity contribution in [1.82, 2.24) is 9.97 Å². The lowest BCUT2D eigenvalue weighted by Gasteiger charge is -2.02. The van der Waals surface area contributed by atoms with Gasteiger partial charge in [-0.3, -0.25) is 0 Å². The summed E-state index contributed by atoms with van der Waals surface area (Å²) in [5, 5.41) is 9.05. The molecule has 18 heavy (non-hydrogen) atoms. The first kappa shape index (κ1) is 12.2. The Labute approximate surface area is 105 Å². The van der Waals surface area contributed by atoms with Crippen LogP contribution in [-0.4, -0.2) is 21.0 Å². The largest absolute Gasteiger partial charge is 0.477 e. The number of aryl methyl sites for hydroxylation is 1. The first-order chi connectivity index (χ1) is 8.61. The summed E-state index contributed by atoms with van der Waals surface area (Å²) in [5.41, 5.74) is 7.88. The number of aromatic carboxylic acids is 1. The lowest BCUT2D eigenvalue weighted by atomic mass is 10.1. The Balaban J connectivity index is 2.39. The normalized spacial score (nSPS) is 10.5. The fourth-order valence-electron chi connectivity index (χ4n) is 1.87. The molecule has 94 valence electrons. The van der Waals surface area contributed by atoms with Crippen LogP contribution in [0.15, 0.2) is 24.3 Å². The summed E-state index contributed by atoms with van der Waals surface area (Å²) in [5.74, 6) is -0.952. The zero-order valence-electron chi connectivity index (χ0n) is 10.1. The van der Waals surface area contributed by atoms with Gasteiger partial charge < -0.3 is 15.8 Å². The Bertz CT molecular complexity index is 558. The number of nitrogens with two attached hydrogens (primary N) is 1. The fraction of sp³-hybridized carbons (Fsp3) is 0.231. The number of hydrogen-bond donors (Lipinski definition) is 3. The molecule has 0 radical (unpaired) electrons. The summed E-state index contributed by atoms with van der Waals surface area (Å²) < 4.78 is 0. The molecule has 2 aromatic rings. The van der Waals surface area contributed by atoms with Crippen LogP contribution in [0.25, 0.3) is 11.3 Å². The van der Waals surface area contributed by atoms with Crippen LogP contribution in [0.2, 0.25) is 0 Å². The number of imidazole rings is 1. The Morgan fingerprint density at radius 3 is 2.61 bits per heavy atom. The van der Waals surface area contributed by atoms with Crippen LogP contribution in [0.1, 0.15) is 29.4 Å². The van der Waals surface area contributed by atoms with Crippen molar-refractivity contribution in [2.75, 3.05) is 5.73 Å². The van der Waals surface area contributed by atoms with Crippen molar-refractivity contribution in [3.8, 4) is 11.3 Å². The van der Waals surface area contributed by atoms with Crippen LogP contribution in [0.4, 0.5) is 5.95 Å². The molecule has 0 fully saturated rings. The molecule has 0 amide bonds. The highest BCUT2D eigenvalue weighted by Gasteiger charge is 2.16. The Hall–Kier alpha value is -2.30. The van der Waals surface area contributed by atoms with Crippen molar-refractivity contribution in [3.05, 3.63) is 35.5 Å². The molecule has 1 heterocycles. The van der Waals surface area contributed by atoms with E-state index in [-0.39, 0.29) is 11.6 Å². The van der Waals surface area contributed by atoms with E-state index in [1.807, 2.05) is 24.3 Å². The molecule has 5 heteroatoms. The van der Waals surface area contributed by atoms with Crippen LogP contribution in [0.3, 0.4) is 0 Å². The number of carbonyl (C=O) groups is 1. The van der Waals surface area contributed by atoms with Crippen molar-refractivity contribution >= 4 is 11.9 Å². The van der Waals surface area contributed by atoms with Gasteiger partial charge in [0, 0.05) is 5.56 Å². The van der Waals surface area contributed by atoms with Gasteiger partial charge in [-0.25, -0.2) is 9.78 Å². The van der Waals surface area contributed by atoms with Crippen LogP contribution >= 0.6 is 0 Å². The molecule has 0 aliphatic carbocycles. The molecule has 0 aliphatic heterocycles. The summed E-state index contributed by atoms with van der Waals surface area (Å²) in [6, 6.07) is 7.70. The summed E-state index contributed by atoms with van der Waals surface area (Å²) >= 11 is 0. The van der Waals surface area contributed by atoms with E-state index in [1.54, 1.807) is 0 Å². The Kier molecular flexibility index (Phi) is 3.32. The molecule has 0 unspecified atom stereocenters. The van der Waals surface area contributed by atoms with Crippen molar-refractivity contribution in [3.63, 3.8) is 0 Å². The summed E-state index contributed by atoms with van der Waals surface area (Å²) in [7, 11) is 0. The molecule has 0 bridgehead atoms. The number of hydrogen-bond acceptors (Lipinski definition) is 3. The van der Waals surface area contributed by atoms with E-state index in [9.17, 15) is 4.79 Å². The van der Waals surface area contributed by atoms with E-state index in [2.05, 4.69) is 16.9 Å². The maximum atomic E-state index is 11.1. The quantitative estimate of drug-likeness (QED) is 0.770. The average molecular weight is 245 g/mol. The lowest BCUT2D eigenvalue weighted by Crippen LogP contribution is -1.99. The minimum absolute atomic E-state index is 0.0238. The van der Waals surface area contributed by atoms with Gasteiger partial charge in [0.1, 0.15) is 5.69 Å². The molecule has 5 nitrogen and oxygen atoms in total. The van der Waals surface area contributed by atoms with E-state index < -0.39 is 5.97 Å². The number of benzene rings is 1. The molecule has 4 N–H and O–H groups in total. The fourth-order valence-corrected chi connectivity index (χ4v) is 1.87. The molecular weight excluding hydrogens is 230 g/mol. The topological polar surface area (TPSA) is 92.0 Å². The van der Waals surface area contributed by atoms with Gasteiger partial charge in [0.05, 0.1) is 0 Å². The number of anilines is 1. The third-order valence-corrected chi connectivity index (χ3v) is 2.70. The molecule has 0 aliphatic rings. The number of carboxylic acid groups (broad SMARTS) is 1. The highest BCUT2D eigenvalue weighted by molar-refractivity contribution is 5.93. The molecule has 0 saturated carbocycles. The number of H-pyrrole nitrogens is 1. The van der Waals surface area contributed by atoms with Gasteiger partial charge >= 0.3 is 5.97 Å². The van der Waals surface area contributed by atoms with Crippen LogP contribution in [0, 0.1) is 0 Å². The number of nitrogens with zero attached hydrogens (tertiary/aromatic N) is 1. The average Bonchev–Trinajstić information content (AvgIpc) is 2.73. The van der Waals surface area contributed by atoms with Gasteiger partial charge in [-0.05, 0) is 12.0 Å². The van der Waals surface area contributed by atoms with E-state index in [0.717, 1.165) is 18.4 Å². The second-order valence-electron chi connectivity index (χ2n) is 4.10. The molecular formula is C13H15N3O2. The predicted octanol–water partition coefficient (Wildman–Crippen LogP) is 2.31. The van der Waals surface area contributed by atoms with E-state index in [1.165, 1.54) is 5.56 Å². The van der Waals surface area contributed by atoms with Crippen molar-refractivity contribution in [2.24, 2.45) is 0 Å². The molecule has 0 saturated heterocycles. The monoisotopic (exact) mass is 245 g/mol. The number of aromatic amines is 1. The zero-order chi connectivity index (χ0) is 13.1. The van der Waals surface area contributed by atoms with Gasteiger partial charge in [0.2, 0.25) is 0 Å². The number of rotatable bonds is 4. The molecule has 2 rings (SSSR count). The minimum atomic E-state index is -1.06. The van der Waals surface area contributed by atoms with Crippen molar-refractivity contribution in [2.45, 2.75) is 19.8 Å². The second kappa shape index (κ2) is 4.91. The number of nitrogen functional groups attached to an aromatic ring is 1. The van der Waals surface area contributed by atoms with Gasteiger partial charge in [-0.15, -0.1) is 0 Å². The molecule has 0 atom stereocenters. The smallest absolute Gasteiger partial charge is 0.354 e. The summed E-state index contributed by atoms with van der Waals surface area (Å²) in [6.45, 7) is 2.12. The zero-order valence-corrected chi connectivity index (χ0v) is 10.1. The molecule has 1 aromatic carbocycles. The number of nitrogens with one attached hydrogen (secondary N) is 1. The predicted molar refractivity (Wildman–Crippen MR) is 69.4 cm³/mol. The SMILES string of the molecule is CCCc1ccc(-c2nc(N)[nH]c2C(=O)O)cc1. The Morgan fingerprint density at radius 1 is 1.39 bits per heavy atom. The maximum Gasteiger partial charge on any atom is 0.354 e. The van der Waals surface area contributed by atoms with Gasteiger partial charge in [-0.2, -0.15) is 0 Å².